The van der Waals surface area contributed by atoms with Gasteiger partial charge in [-0.1, -0.05) is 0 Å². The van der Waals surface area contributed by atoms with Gasteiger partial charge in [-0.15, -0.1) is 0 Å². The smallest absolute Gasteiger partial charge is 0.0874 e. The fourth-order valence-electron chi connectivity index (χ4n) is 0. The van der Waals surface area contributed by atoms with Crippen LogP contribution in [0.2, 0.25) is 0 Å². The number of rotatable bonds is 0. The Hall–Kier alpha value is 0.674. The summed E-state index contributed by atoms with van der Waals surface area (Å²) in [5, 5.41) is 9.53. The van der Waals surface area contributed by atoms with Crippen LogP contribution >= 0.6 is 0 Å². The zero-order valence-electron chi connectivity index (χ0n) is 3.49. The van der Waals surface area contributed by atoms with Gasteiger partial charge in [-0.3, -0.25) is 0 Å². The summed E-state index contributed by atoms with van der Waals surface area (Å²) >= 11 is 0. The fraction of sp³-hybridized carbons (Fsp3) is 1.00. The van der Waals surface area contributed by atoms with Gasteiger partial charge < -0.3 is 0 Å². The minimum absolute atomic E-state index is 0. The van der Waals surface area contributed by atoms with E-state index >= 15 is 0 Å². The van der Waals surface area contributed by atoms with Crippen molar-refractivity contribution in [1.82, 2.24) is 0 Å². The maximum Gasteiger partial charge on any atom is 0.0874 e. The first-order valence-corrected chi connectivity index (χ1v) is 1.39. The van der Waals surface area contributed by atoms with Gasteiger partial charge in [0.15, 0.2) is 0 Å². The molecule has 0 aliphatic heterocycles. The summed E-state index contributed by atoms with van der Waals surface area (Å²) in [6, 6.07) is 0. The summed E-state index contributed by atoms with van der Waals surface area (Å²) in [5.41, 5.74) is 0. The van der Waals surface area contributed by atoms with E-state index in [2.05, 4.69) is 0 Å². The van der Waals surface area contributed by atoms with Crippen LogP contribution in [0.4, 0.5) is 0 Å². The summed E-state index contributed by atoms with van der Waals surface area (Å²) in [5.74, 6) is 0. The van der Waals surface area contributed by atoms with Crippen LogP contribution in [0.25, 0.3) is 0 Å². The van der Waals surface area contributed by atoms with Gasteiger partial charge in [0.1, 0.15) is 0 Å². The summed E-state index contributed by atoms with van der Waals surface area (Å²) in [7, 11) is 0. The quantitative estimate of drug-likeness (QED) is 0.408. The fourth-order valence-corrected chi connectivity index (χ4v) is 0. The van der Waals surface area contributed by atoms with E-state index in [1.54, 1.807) is 13.8 Å². The van der Waals surface area contributed by atoms with Crippen molar-refractivity contribution in [1.29, 1.82) is 0 Å². The first-order chi connectivity index (χ1) is 1.73. The third kappa shape index (κ3) is 73.5. The molecule has 0 aliphatic rings. The van der Waals surface area contributed by atoms with Crippen LogP contribution in [-0.2, 0) is 26.8 Å². The second-order valence-electron chi connectivity index (χ2n) is 1.05. The Morgan fingerprint density at radius 2 is 1.40 bits per heavy atom. The first kappa shape index (κ1) is 9.18. The van der Waals surface area contributed by atoms with Gasteiger partial charge in [0, 0.05) is 21.7 Å². The monoisotopic (exact) mass is 107 g/mol. The molecule has 0 spiro atoms. The normalized spacial score (nSPS) is 7.20. The molecule has 5 heavy (non-hydrogen) atoms. The van der Waals surface area contributed by atoms with E-state index in [9.17, 15) is 5.11 Å². The van der Waals surface area contributed by atoms with Gasteiger partial charge >= 0.3 is 0 Å². The Labute approximate surface area is 47.3 Å². The Morgan fingerprint density at radius 3 is 1.40 bits per heavy atom. The molecule has 0 atom stereocenters. The largest absolute Gasteiger partial charge is 0.234 e. The van der Waals surface area contributed by atoms with Crippen LogP contribution in [0.5, 0.6) is 0 Å². The molecule has 0 heterocycles. The summed E-state index contributed by atoms with van der Waals surface area (Å²) in [6.45, 7) is 3.22. The average Bonchev–Trinajstić information content (AvgIpc) is 0.811. The third-order valence-corrected chi connectivity index (χ3v) is 0. The van der Waals surface area contributed by atoms with Crippen LogP contribution in [-0.4, -0.2) is 6.10 Å². The van der Waals surface area contributed by atoms with Gasteiger partial charge in [0.2, 0.25) is 0 Å². The van der Waals surface area contributed by atoms with E-state index < -0.39 is 6.10 Å². The molecule has 0 amide bonds. The van der Waals surface area contributed by atoms with Crippen molar-refractivity contribution in [2.75, 3.05) is 0 Å². The Kier molecular flexibility index (Phi) is 8.59. The predicted octanol–water partition coefficient (Wildman–Crippen LogP) is 0.823. The molecule has 29 valence electrons. The zero-order chi connectivity index (χ0) is 3.58. The molecule has 0 fully saturated rings. The predicted molar refractivity (Wildman–Crippen MR) is 15.8 cm³/mol. The topological polar surface area (TPSA) is 19.9 Å². The molecule has 2 heteroatoms. The van der Waals surface area contributed by atoms with Gasteiger partial charge in [-0.05, 0) is 13.8 Å². The van der Waals surface area contributed by atoms with Gasteiger partial charge in [-0.25, -0.2) is 5.11 Å². The van der Waals surface area contributed by atoms with E-state index in [-0.39, 0.29) is 21.7 Å². The van der Waals surface area contributed by atoms with Crippen molar-refractivity contribution in [2.45, 2.75) is 20.0 Å². The SMILES string of the molecule is CC(C)[O].[Ti]. The van der Waals surface area contributed by atoms with E-state index in [0.29, 0.717) is 0 Å². The molecular weight excluding hydrogens is 99.9 g/mol. The Bertz CT molecular complexity index is 11.6. The van der Waals surface area contributed by atoms with Crippen LogP contribution in [0.1, 0.15) is 13.8 Å². The van der Waals surface area contributed by atoms with Crippen LogP contribution in [0.15, 0.2) is 0 Å². The second-order valence-corrected chi connectivity index (χ2v) is 1.05. The molecule has 1 radical (unpaired) electrons. The summed E-state index contributed by atoms with van der Waals surface area (Å²) in [4.78, 5) is 0. The van der Waals surface area contributed by atoms with Crippen molar-refractivity contribution in [2.24, 2.45) is 0 Å². The van der Waals surface area contributed by atoms with Crippen LogP contribution < -0.4 is 0 Å². The van der Waals surface area contributed by atoms with Crippen molar-refractivity contribution < 1.29 is 26.8 Å². The molecule has 0 saturated heterocycles. The third-order valence-electron chi connectivity index (χ3n) is 0. The van der Waals surface area contributed by atoms with Gasteiger partial charge in [0.25, 0.3) is 0 Å². The van der Waals surface area contributed by atoms with Gasteiger partial charge in [-0.2, -0.15) is 0 Å². The van der Waals surface area contributed by atoms with Gasteiger partial charge in [0.05, 0.1) is 6.10 Å². The maximum atomic E-state index is 9.53. The maximum absolute atomic E-state index is 9.53. The Balaban J connectivity index is 0. The van der Waals surface area contributed by atoms with Crippen molar-refractivity contribution >= 4 is 0 Å². The van der Waals surface area contributed by atoms with Crippen LogP contribution in [0.3, 0.4) is 0 Å². The van der Waals surface area contributed by atoms with E-state index in [1.807, 2.05) is 0 Å². The molecule has 0 aromatic heterocycles. The molecule has 0 aliphatic carbocycles. The minimum atomic E-state index is -0.417. The molecule has 0 unspecified atom stereocenters. The number of hydrogen-bond acceptors (Lipinski definition) is 0. The Morgan fingerprint density at radius 1 is 1.40 bits per heavy atom. The van der Waals surface area contributed by atoms with Crippen molar-refractivity contribution in [3.05, 3.63) is 0 Å². The number of hydrogen-bond donors (Lipinski definition) is 0. The molecule has 0 aromatic carbocycles. The summed E-state index contributed by atoms with van der Waals surface area (Å²) in [6.07, 6.45) is -0.417. The molecule has 0 rings (SSSR count). The van der Waals surface area contributed by atoms with E-state index in [4.69, 9.17) is 0 Å². The van der Waals surface area contributed by atoms with E-state index in [0.717, 1.165) is 0 Å². The second kappa shape index (κ2) is 4.67. The van der Waals surface area contributed by atoms with Crippen LogP contribution in [0, 0.1) is 0 Å². The molecule has 0 bridgehead atoms. The molecule has 0 aromatic rings. The molecule has 1 nitrogen and oxygen atoms in total. The van der Waals surface area contributed by atoms with Crippen molar-refractivity contribution in [3.63, 3.8) is 0 Å². The molecule has 0 saturated carbocycles. The minimum Gasteiger partial charge on any atom is -0.234 e. The standard InChI is InChI=1S/C3H7O.Ti/c1-3(2)4;/h3H,1-2H3;. The average molecular weight is 107 g/mol. The molecular formula is C3H7OTi. The molecule has 0 N–H and O–H groups in total. The first-order valence-electron chi connectivity index (χ1n) is 1.39. The summed E-state index contributed by atoms with van der Waals surface area (Å²) < 4.78 is 0. The van der Waals surface area contributed by atoms with Crippen molar-refractivity contribution in [3.8, 4) is 0 Å². The zero-order valence-corrected chi connectivity index (χ0v) is 5.05. The van der Waals surface area contributed by atoms with E-state index in [1.165, 1.54) is 0 Å².